The zero-order valence-electron chi connectivity index (χ0n) is 9.52. The number of hydrogen-bond donors (Lipinski definition) is 0. The van der Waals surface area contributed by atoms with E-state index < -0.39 is 0 Å². The SMILES string of the molecule is Cn1cnc2cc(OC3CCCC3)ccc21. The molecule has 1 aromatic carbocycles. The molecule has 2 aromatic rings. The quantitative estimate of drug-likeness (QED) is 0.771. The van der Waals surface area contributed by atoms with Crippen LogP contribution in [0, 0.1) is 0 Å². The lowest BCUT2D eigenvalue weighted by Crippen LogP contribution is -2.10. The number of fused-ring (bicyclic) bond motifs is 1. The monoisotopic (exact) mass is 216 g/mol. The largest absolute Gasteiger partial charge is 0.490 e. The van der Waals surface area contributed by atoms with Gasteiger partial charge in [0.05, 0.1) is 23.5 Å². The van der Waals surface area contributed by atoms with Gasteiger partial charge in [0, 0.05) is 13.1 Å². The fourth-order valence-electron chi connectivity index (χ4n) is 2.39. The highest BCUT2D eigenvalue weighted by atomic mass is 16.5. The van der Waals surface area contributed by atoms with Gasteiger partial charge in [-0.15, -0.1) is 0 Å². The molecule has 1 aromatic heterocycles. The van der Waals surface area contributed by atoms with Crippen LogP contribution in [0.4, 0.5) is 0 Å². The van der Waals surface area contributed by atoms with Crippen molar-refractivity contribution in [3.05, 3.63) is 24.5 Å². The van der Waals surface area contributed by atoms with E-state index in [9.17, 15) is 0 Å². The lowest BCUT2D eigenvalue weighted by Gasteiger charge is -2.12. The molecule has 16 heavy (non-hydrogen) atoms. The summed E-state index contributed by atoms with van der Waals surface area (Å²) in [5.41, 5.74) is 2.16. The normalized spacial score (nSPS) is 17.1. The Morgan fingerprint density at radius 2 is 2.12 bits per heavy atom. The van der Waals surface area contributed by atoms with E-state index in [0.29, 0.717) is 6.10 Å². The van der Waals surface area contributed by atoms with Gasteiger partial charge in [-0.3, -0.25) is 0 Å². The summed E-state index contributed by atoms with van der Waals surface area (Å²) in [5.74, 6) is 0.957. The maximum atomic E-state index is 5.94. The van der Waals surface area contributed by atoms with Crippen LogP contribution in [0.15, 0.2) is 24.5 Å². The predicted octanol–water partition coefficient (Wildman–Crippen LogP) is 2.89. The smallest absolute Gasteiger partial charge is 0.122 e. The molecule has 3 nitrogen and oxygen atoms in total. The van der Waals surface area contributed by atoms with Gasteiger partial charge < -0.3 is 9.30 Å². The predicted molar refractivity (Wildman–Crippen MR) is 63.6 cm³/mol. The Kier molecular flexibility index (Phi) is 2.31. The average Bonchev–Trinajstić information content (AvgIpc) is 2.90. The molecule has 0 N–H and O–H groups in total. The summed E-state index contributed by atoms with van der Waals surface area (Å²) in [6.45, 7) is 0. The molecule has 3 rings (SSSR count). The fourth-order valence-corrected chi connectivity index (χ4v) is 2.39. The molecule has 1 heterocycles. The van der Waals surface area contributed by atoms with E-state index in [1.54, 1.807) is 0 Å². The number of nitrogens with zero attached hydrogens (tertiary/aromatic N) is 2. The highest BCUT2D eigenvalue weighted by Crippen LogP contribution is 2.26. The third-order valence-electron chi connectivity index (χ3n) is 3.30. The minimum atomic E-state index is 0.418. The average molecular weight is 216 g/mol. The first kappa shape index (κ1) is 9.70. The molecule has 0 radical (unpaired) electrons. The second kappa shape index (κ2) is 3.81. The molecule has 0 amide bonds. The molecule has 0 bridgehead atoms. The molecule has 1 aliphatic carbocycles. The minimum absolute atomic E-state index is 0.418. The van der Waals surface area contributed by atoms with Gasteiger partial charge in [-0.2, -0.15) is 0 Å². The van der Waals surface area contributed by atoms with Crippen LogP contribution in [0.25, 0.3) is 11.0 Å². The summed E-state index contributed by atoms with van der Waals surface area (Å²) in [4.78, 5) is 4.34. The maximum absolute atomic E-state index is 5.94. The summed E-state index contributed by atoms with van der Waals surface area (Å²) in [7, 11) is 2.01. The molecule has 84 valence electrons. The van der Waals surface area contributed by atoms with Crippen LogP contribution in [0.2, 0.25) is 0 Å². The first-order chi connectivity index (χ1) is 7.83. The second-order valence-electron chi connectivity index (χ2n) is 4.53. The number of hydrogen-bond acceptors (Lipinski definition) is 2. The van der Waals surface area contributed by atoms with Gasteiger partial charge in [-0.1, -0.05) is 0 Å². The Bertz CT molecular complexity index is 498. The van der Waals surface area contributed by atoms with Crippen molar-refractivity contribution in [2.45, 2.75) is 31.8 Å². The topological polar surface area (TPSA) is 27.1 Å². The highest BCUT2D eigenvalue weighted by Gasteiger charge is 2.16. The van der Waals surface area contributed by atoms with E-state index in [4.69, 9.17) is 4.74 Å². The van der Waals surface area contributed by atoms with E-state index >= 15 is 0 Å². The number of imidazole rings is 1. The van der Waals surface area contributed by atoms with Gasteiger partial charge in [0.1, 0.15) is 5.75 Å². The number of aryl methyl sites for hydroxylation is 1. The maximum Gasteiger partial charge on any atom is 0.122 e. The highest BCUT2D eigenvalue weighted by molar-refractivity contribution is 5.76. The summed E-state index contributed by atoms with van der Waals surface area (Å²) in [6.07, 6.45) is 7.25. The Labute approximate surface area is 95.0 Å². The van der Waals surface area contributed by atoms with Gasteiger partial charge in [0.25, 0.3) is 0 Å². The van der Waals surface area contributed by atoms with E-state index in [2.05, 4.69) is 11.1 Å². The van der Waals surface area contributed by atoms with Gasteiger partial charge >= 0.3 is 0 Å². The number of ether oxygens (including phenoxy) is 1. The molecule has 0 aliphatic heterocycles. The van der Waals surface area contributed by atoms with Crippen LogP contribution in [-0.2, 0) is 7.05 Å². The fraction of sp³-hybridized carbons (Fsp3) is 0.462. The van der Waals surface area contributed by atoms with Gasteiger partial charge in [0.2, 0.25) is 0 Å². The van der Waals surface area contributed by atoms with Crippen molar-refractivity contribution in [1.82, 2.24) is 9.55 Å². The van der Waals surface area contributed by atoms with E-state index in [1.165, 1.54) is 25.7 Å². The molecular formula is C13H16N2O. The van der Waals surface area contributed by atoms with Crippen molar-refractivity contribution >= 4 is 11.0 Å². The molecule has 0 unspecified atom stereocenters. The third kappa shape index (κ3) is 1.66. The molecule has 0 atom stereocenters. The molecule has 0 saturated heterocycles. The first-order valence-corrected chi connectivity index (χ1v) is 5.91. The summed E-state index contributed by atoms with van der Waals surface area (Å²) >= 11 is 0. The third-order valence-corrected chi connectivity index (χ3v) is 3.30. The zero-order chi connectivity index (χ0) is 11.0. The number of rotatable bonds is 2. The first-order valence-electron chi connectivity index (χ1n) is 5.91. The van der Waals surface area contributed by atoms with E-state index in [1.807, 2.05) is 30.1 Å². The Hall–Kier alpha value is -1.51. The molecule has 1 saturated carbocycles. The number of benzene rings is 1. The van der Waals surface area contributed by atoms with Crippen LogP contribution in [0.5, 0.6) is 5.75 Å². The Morgan fingerprint density at radius 3 is 2.94 bits per heavy atom. The van der Waals surface area contributed by atoms with Crippen molar-refractivity contribution in [1.29, 1.82) is 0 Å². The van der Waals surface area contributed by atoms with Crippen LogP contribution in [0.3, 0.4) is 0 Å². The Morgan fingerprint density at radius 1 is 1.31 bits per heavy atom. The van der Waals surface area contributed by atoms with Crippen LogP contribution >= 0.6 is 0 Å². The van der Waals surface area contributed by atoms with Crippen molar-refractivity contribution in [2.75, 3.05) is 0 Å². The molecule has 1 fully saturated rings. The van der Waals surface area contributed by atoms with Gasteiger partial charge in [-0.25, -0.2) is 4.98 Å². The molecule has 0 spiro atoms. The van der Waals surface area contributed by atoms with E-state index in [-0.39, 0.29) is 0 Å². The van der Waals surface area contributed by atoms with Crippen LogP contribution in [0.1, 0.15) is 25.7 Å². The van der Waals surface area contributed by atoms with Gasteiger partial charge in [0.15, 0.2) is 0 Å². The van der Waals surface area contributed by atoms with Gasteiger partial charge in [-0.05, 0) is 37.8 Å². The lowest BCUT2D eigenvalue weighted by molar-refractivity contribution is 0.210. The second-order valence-corrected chi connectivity index (χ2v) is 4.53. The van der Waals surface area contributed by atoms with Crippen molar-refractivity contribution in [2.24, 2.45) is 7.05 Å². The lowest BCUT2D eigenvalue weighted by atomic mass is 10.2. The summed E-state index contributed by atoms with van der Waals surface area (Å²) in [6, 6.07) is 6.16. The van der Waals surface area contributed by atoms with Crippen molar-refractivity contribution in [3.63, 3.8) is 0 Å². The van der Waals surface area contributed by atoms with Crippen LogP contribution in [-0.4, -0.2) is 15.7 Å². The Balaban J connectivity index is 1.87. The molecule has 3 heteroatoms. The summed E-state index contributed by atoms with van der Waals surface area (Å²) in [5, 5.41) is 0. The molecule has 1 aliphatic rings. The molecular weight excluding hydrogens is 200 g/mol. The van der Waals surface area contributed by atoms with Crippen molar-refractivity contribution in [3.8, 4) is 5.75 Å². The van der Waals surface area contributed by atoms with Crippen molar-refractivity contribution < 1.29 is 4.74 Å². The summed E-state index contributed by atoms with van der Waals surface area (Å²) < 4.78 is 7.97. The van der Waals surface area contributed by atoms with Crippen LogP contribution < -0.4 is 4.74 Å². The minimum Gasteiger partial charge on any atom is -0.490 e. The number of aromatic nitrogens is 2. The zero-order valence-corrected chi connectivity index (χ0v) is 9.52. The van der Waals surface area contributed by atoms with E-state index in [0.717, 1.165) is 16.8 Å². The standard InChI is InChI=1S/C13H16N2O/c1-15-9-14-12-8-11(6-7-13(12)15)16-10-4-2-3-5-10/h6-10H,2-5H2,1H3.